The normalized spacial score (nSPS) is 12.5. The third kappa shape index (κ3) is 8.75. The van der Waals surface area contributed by atoms with Crippen molar-refractivity contribution in [1.82, 2.24) is 10.2 Å². The average Bonchev–Trinajstić information content (AvgIpc) is 2.82. The van der Waals surface area contributed by atoms with Crippen LogP contribution in [0, 0.1) is 13.8 Å². The standard InChI is InChI=1S/C29H43N3O5S/c1-9-25(28(34)30-29(4,5)6)31(20-23-15-17-24(37-7)18-16-23)27(33)14-11-19-32(38(8,35)36)26-13-10-12-21(2)22(26)3/h10,12-13,15-18,25H,9,11,14,19-20H2,1-8H3,(H,30,34)/t25-/m0/s1. The van der Waals surface area contributed by atoms with Crippen molar-refractivity contribution in [1.29, 1.82) is 0 Å². The second-order valence-corrected chi connectivity index (χ2v) is 12.6. The summed E-state index contributed by atoms with van der Waals surface area (Å²) in [5.41, 5.74) is 2.92. The van der Waals surface area contributed by atoms with Gasteiger partial charge in [0.15, 0.2) is 0 Å². The topological polar surface area (TPSA) is 96.0 Å². The molecule has 0 aliphatic carbocycles. The van der Waals surface area contributed by atoms with Gasteiger partial charge in [-0.1, -0.05) is 31.2 Å². The van der Waals surface area contributed by atoms with Crippen molar-refractivity contribution in [3.05, 3.63) is 59.2 Å². The van der Waals surface area contributed by atoms with Gasteiger partial charge in [-0.05, 0) is 82.3 Å². The molecule has 0 aliphatic rings. The van der Waals surface area contributed by atoms with Crippen molar-refractivity contribution < 1.29 is 22.7 Å². The zero-order valence-corrected chi connectivity index (χ0v) is 24.8. The van der Waals surface area contributed by atoms with Crippen molar-refractivity contribution in [3.8, 4) is 5.75 Å². The molecule has 2 aromatic rings. The highest BCUT2D eigenvalue weighted by atomic mass is 32.2. The molecule has 0 saturated carbocycles. The second-order valence-electron chi connectivity index (χ2n) is 10.7. The van der Waals surface area contributed by atoms with Crippen LogP contribution in [0.2, 0.25) is 0 Å². The summed E-state index contributed by atoms with van der Waals surface area (Å²) in [6, 6.07) is 12.3. The molecule has 8 nitrogen and oxygen atoms in total. The lowest BCUT2D eigenvalue weighted by Crippen LogP contribution is -2.53. The van der Waals surface area contributed by atoms with Gasteiger partial charge in [-0.2, -0.15) is 0 Å². The Balaban J connectivity index is 2.28. The van der Waals surface area contributed by atoms with Gasteiger partial charge in [-0.3, -0.25) is 13.9 Å². The fraction of sp³-hybridized carbons (Fsp3) is 0.517. The van der Waals surface area contributed by atoms with Gasteiger partial charge in [0.05, 0.1) is 19.1 Å². The number of carbonyl (C=O) groups excluding carboxylic acids is 2. The first-order valence-corrected chi connectivity index (χ1v) is 14.8. The molecule has 0 heterocycles. The monoisotopic (exact) mass is 545 g/mol. The molecule has 0 aliphatic heterocycles. The summed E-state index contributed by atoms with van der Waals surface area (Å²) in [6.07, 6.45) is 2.04. The molecule has 0 spiro atoms. The third-order valence-electron chi connectivity index (χ3n) is 6.39. The number of benzene rings is 2. The zero-order chi connectivity index (χ0) is 28.7. The van der Waals surface area contributed by atoms with E-state index >= 15 is 0 Å². The molecule has 210 valence electrons. The van der Waals surface area contributed by atoms with E-state index in [0.717, 1.165) is 16.7 Å². The van der Waals surface area contributed by atoms with Gasteiger partial charge in [0.25, 0.3) is 0 Å². The second kappa shape index (κ2) is 13.1. The molecule has 0 fully saturated rings. The maximum Gasteiger partial charge on any atom is 0.243 e. The first-order valence-electron chi connectivity index (χ1n) is 13.0. The van der Waals surface area contributed by atoms with Crippen molar-refractivity contribution in [2.45, 2.75) is 78.9 Å². The van der Waals surface area contributed by atoms with Crippen LogP contribution in [0.5, 0.6) is 5.75 Å². The van der Waals surface area contributed by atoms with Crippen molar-refractivity contribution in [2.24, 2.45) is 0 Å². The molecule has 38 heavy (non-hydrogen) atoms. The number of aryl methyl sites for hydroxylation is 1. The van der Waals surface area contributed by atoms with Gasteiger partial charge in [0, 0.05) is 25.0 Å². The summed E-state index contributed by atoms with van der Waals surface area (Å²) in [5, 5.41) is 3.00. The number of carbonyl (C=O) groups is 2. The smallest absolute Gasteiger partial charge is 0.243 e. The molecule has 0 unspecified atom stereocenters. The lowest BCUT2D eigenvalue weighted by atomic mass is 10.0. The largest absolute Gasteiger partial charge is 0.497 e. The van der Waals surface area contributed by atoms with Crippen molar-refractivity contribution in [3.63, 3.8) is 0 Å². The number of rotatable bonds is 12. The van der Waals surface area contributed by atoms with E-state index in [9.17, 15) is 18.0 Å². The van der Waals surface area contributed by atoms with E-state index in [4.69, 9.17) is 4.74 Å². The van der Waals surface area contributed by atoms with Gasteiger partial charge in [-0.25, -0.2) is 8.42 Å². The number of methoxy groups -OCH3 is 1. The van der Waals surface area contributed by atoms with Crippen LogP contribution < -0.4 is 14.4 Å². The van der Waals surface area contributed by atoms with Gasteiger partial charge in [0.1, 0.15) is 11.8 Å². The zero-order valence-electron chi connectivity index (χ0n) is 24.0. The van der Waals surface area contributed by atoms with Gasteiger partial charge in [-0.15, -0.1) is 0 Å². The maximum atomic E-state index is 13.6. The van der Waals surface area contributed by atoms with E-state index in [1.54, 1.807) is 18.1 Å². The minimum Gasteiger partial charge on any atom is -0.497 e. The molecular weight excluding hydrogens is 502 g/mol. The Morgan fingerprint density at radius 2 is 1.68 bits per heavy atom. The number of nitrogens with zero attached hydrogens (tertiary/aromatic N) is 2. The number of sulfonamides is 1. The van der Waals surface area contributed by atoms with Crippen LogP contribution in [-0.4, -0.2) is 56.6 Å². The highest BCUT2D eigenvalue weighted by Gasteiger charge is 2.31. The molecule has 2 amide bonds. The predicted octanol–water partition coefficient (Wildman–Crippen LogP) is 4.58. The van der Waals surface area contributed by atoms with Gasteiger partial charge in [0.2, 0.25) is 21.8 Å². The Labute approximate surface area is 228 Å². The van der Waals surface area contributed by atoms with Crippen LogP contribution >= 0.6 is 0 Å². The van der Waals surface area contributed by atoms with E-state index in [1.165, 1.54) is 10.6 Å². The summed E-state index contributed by atoms with van der Waals surface area (Å²) in [7, 11) is -1.96. The molecule has 1 N–H and O–H groups in total. The summed E-state index contributed by atoms with van der Waals surface area (Å²) in [6.45, 7) is 11.8. The summed E-state index contributed by atoms with van der Waals surface area (Å²) in [4.78, 5) is 28.4. The molecule has 1 atom stereocenters. The van der Waals surface area contributed by atoms with E-state index in [2.05, 4.69) is 5.32 Å². The van der Waals surface area contributed by atoms with E-state index in [-0.39, 0.29) is 31.3 Å². The van der Waals surface area contributed by atoms with Gasteiger partial charge < -0.3 is 15.0 Å². The highest BCUT2D eigenvalue weighted by Crippen LogP contribution is 2.26. The number of amides is 2. The SMILES string of the molecule is CC[C@@H](C(=O)NC(C)(C)C)N(Cc1ccc(OC)cc1)C(=O)CCCN(c1cccc(C)c1C)S(C)(=O)=O. The number of hydrogen-bond acceptors (Lipinski definition) is 5. The summed E-state index contributed by atoms with van der Waals surface area (Å²) in [5.74, 6) is 0.289. The Morgan fingerprint density at radius 1 is 1.05 bits per heavy atom. The minimum absolute atomic E-state index is 0.104. The Morgan fingerprint density at radius 3 is 2.21 bits per heavy atom. The Bertz CT molecular complexity index is 1200. The number of ether oxygens (including phenoxy) is 1. The molecule has 0 radical (unpaired) electrons. The highest BCUT2D eigenvalue weighted by molar-refractivity contribution is 7.92. The summed E-state index contributed by atoms with van der Waals surface area (Å²) >= 11 is 0. The van der Waals surface area contributed by atoms with Crippen LogP contribution in [0.4, 0.5) is 5.69 Å². The molecule has 0 bridgehead atoms. The number of nitrogens with one attached hydrogen (secondary N) is 1. The number of anilines is 1. The fourth-order valence-corrected chi connectivity index (χ4v) is 5.30. The van der Waals surface area contributed by atoms with Crippen LogP contribution in [0.3, 0.4) is 0 Å². The third-order valence-corrected chi connectivity index (χ3v) is 7.57. The predicted molar refractivity (Wildman–Crippen MR) is 153 cm³/mol. The average molecular weight is 546 g/mol. The first-order chi connectivity index (χ1) is 17.7. The maximum absolute atomic E-state index is 13.6. The van der Waals surface area contributed by atoms with E-state index in [0.29, 0.717) is 24.3 Å². The van der Waals surface area contributed by atoms with Crippen molar-refractivity contribution >= 4 is 27.5 Å². The molecular formula is C29H43N3O5S. The molecule has 9 heteroatoms. The fourth-order valence-electron chi connectivity index (χ4n) is 4.29. The minimum atomic E-state index is -3.55. The van der Waals surface area contributed by atoms with E-state index in [1.807, 2.05) is 77.9 Å². The molecule has 0 aromatic heterocycles. The lowest BCUT2D eigenvalue weighted by Gasteiger charge is -2.33. The van der Waals surface area contributed by atoms with Crippen LogP contribution in [0.15, 0.2) is 42.5 Å². The quantitative estimate of drug-likeness (QED) is 0.421. The summed E-state index contributed by atoms with van der Waals surface area (Å²) < 4.78 is 31.9. The van der Waals surface area contributed by atoms with Crippen molar-refractivity contribution in [2.75, 3.05) is 24.2 Å². The van der Waals surface area contributed by atoms with Gasteiger partial charge >= 0.3 is 0 Å². The van der Waals surface area contributed by atoms with Crippen LogP contribution in [0.1, 0.15) is 63.6 Å². The Kier molecular flexibility index (Phi) is 10.8. The Hall–Kier alpha value is -3.07. The van der Waals surface area contributed by atoms with Crippen LogP contribution in [-0.2, 0) is 26.2 Å². The lowest BCUT2D eigenvalue weighted by molar-refractivity contribution is -0.142. The molecule has 2 rings (SSSR count). The van der Waals surface area contributed by atoms with Crippen LogP contribution in [0.25, 0.3) is 0 Å². The number of hydrogen-bond donors (Lipinski definition) is 1. The first kappa shape index (κ1) is 31.1. The van der Waals surface area contributed by atoms with E-state index < -0.39 is 21.6 Å². The molecule has 0 saturated heterocycles. The molecule has 2 aromatic carbocycles.